The van der Waals surface area contributed by atoms with Crippen molar-refractivity contribution in [3.05, 3.63) is 0 Å². The van der Waals surface area contributed by atoms with Gasteiger partial charge in [0, 0.05) is 12.6 Å². The molecule has 4 nitrogen and oxygen atoms in total. The molecule has 0 aromatic rings. The molecule has 1 aliphatic carbocycles. The van der Waals surface area contributed by atoms with E-state index in [1.54, 1.807) is 0 Å². The first-order chi connectivity index (χ1) is 9.72. The van der Waals surface area contributed by atoms with Gasteiger partial charge < -0.3 is 5.32 Å². The molecule has 0 radical (unpaired) electrons. The number of hydrogen-bond donors (Lipinski definition) is 1. The Morgan fingerprint density at radius 1 is 1.30 bits per heavy atom. The predicted molar refractivity (Wildman–Crippen MR) is 79.0 cm³/mol. The lowest BCUT2D eigenvalue weighted by atomic mass is 9.81. The predicted octanol–water partition coefficient (Wildman–Crippen LogP) is 2.45. The van der Waals surface area contributed by atoms with E-state index in [9.17, 15) is 10.1 Å². The van der Waals surface area contributed by atoms with Crippen molar-refractivity contribution in [2.75, 3.05) is 19.6 Å². The largest absolute Gasteiger partial charge is 0.353 e. The van der Waals surface area contributed by atoms with Crippen LogP contribution >= 0.6 is 0 Å². The Hall–Kier alpha value is -1.08. The fraction of sp³-hybridized carbons (Fsp3) is 0.875. The summed E-state index contributed by atoms with van der Waals surface area (Å²) >= 11 is 0. The smallest absolute Gasteiger partial charge is 0.240 e. The Labute approximate surface area is 122 Å². The van der Waals surface area contributed by atoms with Crippen LogP contribution in [0.1, 0.15) is 58.3 Å². The van der Waals surface area contributed by atoms with Gasteiger partial charge in [-0.3, -0.25) is 9.69 Å². The first-order valence-corrected chi connectivity index (χ1v) is 8.15. The van der Waals surface area contributed by atoms with E-state index in [0.29, 0.717) is 12.6 Å². The molecular weight excluding hydrogens is 250 g/mol. The topological polar surface area (TPSA) is 56.1 Å². The highest BCUT2D eigenvalue weighted by atomic mass is 16.2. The van der Waals surface area contributed by atoms with Gasteiger partial charge >= 0.3 is 0 Å². The maximum Gasteiger partial charge on any atom is 0.240 e. The van der Waals surface area contributed by atoms with Gasteiger partial charge in [-0.15, -0.1) is 0 Å². The molecule has 1 atom stereocenters. The van der Waals surface area contributed by atoms with Gasteiger partial charge in [-0.25, -0.2) is 0 Å². The van der Waals surface area contributed by atoms with Crippen LogP contribution in [0.2, 0.25) is 0 Å². The Bertz CT molecular complexity index is 366. The summed E-state index contributed by atoms with van der Waals surface area (Å²) < 4.78 is 0. The second kappa shape index (κ2) is 7.08. The molecule has 20 heavy (non-hydrogen) atoms. The molecule has 0 bridgehead atoms. The normalized spacial score (nSPS) is 26.7. The van der Waals surface area contributed by atoms with Crippen LogP contribution in [-0.2, 0) is 4.79 Å². The molecule has 4 heteroatoms. The van der Waals surface area contributed by atoms with Gasteiger partial charge in [0.2, 0.25) is 5.91 Å². The summed E-state index contributed by atoms with van der Waals surface area (Å²) in [7, 11) is 0. The highest BCUT2D eigenvalue weighted by Gasteiger charge is 2.39. The van der Waals surface area contributed by atoms with Gasteiger partial charge in [0.25, 0.3) is 0 Å². The van der Waals surface area contributed by atoms with Crippen LogP contribution in [0.3, 0.4) is 0 Å². The maximum absolute atomic E-state index is 12.5. The number of carbonyl (C=O) groups is 1. The summed E-state index contributed by atoms with van der Waals surface area (Å²) in [6.07, 6.45) is 8.17. The minimum atomic E-state index is -0.758. The molecule has 1 amide bonds. The van der Waals surface area contributed by atoms with Crippen molar-refractivity contribution in [2.45, 2.75) is 64.3 Å². The number of amides is 1. The third-order valence-electron chi connectivity index (χ3n) is 5.01. The monoisotopic (exact) mass is 277 g/mol. The van der Waals surface area contributed by atoms with E-state index < -0.39 is 5.41 Å². The molecule has 2 aliphatic rings. The number of hydrogen-bond acceptors (Lipinski definition) is 3. The van der Waals surface area contributed by atoms with Crippen LogP contribution in [-0.4, -0.2) is 36.5 Å². The van der Waals surface area contributed by atoms with E-state index in [1.807, 2.05) is 0 Å². The second-order valence-corrected chi connectivity index (χ2v) is 6.24. The summed E-state index contributed by atoms with van der Waals surface area (Å²) in [5.74, 6) is -0.0233. The first kappa shape index (κ1) is 15.3. The molecule has 1 heterocycles. The number of nitriles is 1. The number of nitrogens with zero attached hydrogens (tertiary/aromatic N) is 2. The molecule has 0 aromatic heterocycles. The van der Waals surface area contributed by atoms with Crippen LogP contribution in [0.4, 0.5) is 0 Å². The van der Waals surface area contributed by atoms with Gasteiger partial charge in [-0.05, 0) is 38.8 Å². The highest BCUT2D eigenvalue weighted by molar-refractivity contribution is 5.85. The van der Waals surface area contributed by atoms with Gasteiger partial charge in [-0.1, -0.05) is 32.6 Å². The fourth-order valence-corrected chi connectivity index (χ4v) is 3.64. The Morgan fingerprint density at radius 2 is 2.00 bits per heavy atom. The molecule has 112 valence electrons. The van der Waals surface area contributed by atoms with Crippen molar-refractivity contribution < 1.29 is 4.79 Å². The van der Waals surface area contributed by atoms with Crippen LogP contribution in [0, 0.1) is 16.7 Å². The minimum absolute atomic E-state index is 0.0233. The number of carbonyl (C=O) groups excluding carboxylic acids is 1. The quantitative estimate of drug-likeness (QED) is 0.803. The number of likely N-dealkylation sites (N-methyl/N-ethyl adjacent to an activating group) is 1. The zero-order valence-electron chi connectivity index (χ0n) is 12.7. The molecule has 2 fully saturated rings. The summed E-state index contributed by atoms with van der Waals surface area (Å²) in [6, 6.07) is 2.80. The van der Waals surface area contributed by atoms with Crippen molar-refractivity contribution in [3.63, 3.8) is 0 Å². The van der Waals surface area contributed by atoms with E-state index in [2.05, 4.69) is 23.2 Å². The van der Waals surface area contributed by atoms with Gasteiger partial charge in [-0.2, -0.15) is 5.26 Å². The number of nitrogens with one attached hydrogen (secondary N) is 1. The van der Waals surface area contributed by atoms with Crippen molar-refractivity contribution in [3.8, 4) is 6.07 Å². The lowest BCUT2D eigenvalue weighted by Crippen LogP contribution is -2.45. The molecule has 0 aromatic carbocycles. The molecule has 0 spiro atoms. The average molecular weight is 277 g/mol. The fourth-order valence-electron chi connectivity index (χ4n) is 3.64. The van der Waals surface area contributed by atoms with E-state index >= 15 is 0 Å². The summed E-state index contributed by atoms with van der Waals surface area (Å²) in [5.41, 5.74) is -0.758. The maximum atomic E-state index is 12.5. The minimum Gasteiger partial charge on any atom is -0.353 e. The van der Waals surface area contributed by atoms with Crippen LogP contribution in [0.15, 0.2) is 0 Å². The lowest BCUT2D eigenvalue weighted by molar-refractivity contribution is -0.129. The Morgan fingerprint density at radius 3 is 2.60 bits per heavy atom. The molecular formula is C16H27N3O. The number of likely N-dealkylation sites (tertiary alicyclic amines) is 1. The second-order valence-electron chi connectivity index (χ2n) is 6.24. The van der Waals surface area contributed by atoms with E-state index in [-0.39, 0.29) is 5.91 Å². The van der Waals surface area contributed by atoms with Crippen LogP contribution < -0.4 is 5.32 Å². The molecule has 1 N–H and O–H groups in total. The summed E-state index contributed by atoms with van der Waals surface area (Å²) in [6.45, 7) is 5.06. The highest BCUT2D eigenvalue weighted by Crippen LogP contribution is 2.34. The lowest BCUT2D eigenvalue weighted by Gasteiger charge is -2.27. The van der Waals surface area contributed by atoms with E-state index in [1.165, 1.54) is 6.42 Å². The van der Waals surface area contributed by atoms with Crippen molar-refractivity contribution in [1.82, 2.24) is 10.2 Å². The molecule has 1 saturated carbocycles. The van der Waals surface area contributed by atoms with Gasteiger partial charge in [0.1, 0.15) is 5.41 Å². The third kappa shape index (κ3) is 3.32. The zero-order chi connectivity index (χ0) is 14.4. The number of rotatable bonds is 4. The Balaban J connectivity index is 1.91. The van der Waals surface area contributed by atoms with Gasteiger partial charge in [0.05, 0.1) is 6.07 Å². The van der Waals surface area contributed by atoms with E-state index in [4.69, 9.17) is 0 Å². The molecule has 1 saturated heterocycles. The van der Waals surface area contributed by atoms with Gasteiger partial charge in [0.15, 0.2) is 0 Å². The zero-order valence-corrected chi connectivity index (χ0v) is 12.7. The SMILES string of the molecule is CCN1CCCC1CNC(=O)C1(C#N)CCCCCC1. The molecule has 1 unspecified atom stereocenters. The summed E-state index contributed by atoms with van der Waals surface area (Å²) in [4.78, 5) is 14.9. The molecule has 2 rings (SSSR count). The van der Waals surface area contributed by atoms with Crippen molar-refractivity contribution >= 4 is 5.91 Å². The summed E-state index contributed by atoms with van der Waals surface area (Å²) in [5, 5.41) is 12.6. The van der Waals surface area contributed by atoms with Crippen molar-refractivity contribution in [2.24, 2.45) is 5.41 Å². The van der Waals surface area contributed by atoms with Crippen LogP contribution in [0.25, 0.3) is 0 Å². The van der Waals surface area contributed by atoms with E-state index in [0.717, 1.165) is 58.0 Å². The average Bonchev–Trinajstić information content (AvgIpc) is 2.79. The first-order valence-electron chi connectivity index (χ1n) is 8.15. The standard InChI is InChI=1S/C16H27N3O/c1-2-19-11-7-8-14(19)12-18-15(20)16(13-17)9-5-3-4-6-10-16/h14H,2-12H2,1H3,(H,18,20). The van der Waals surface area contributed by atoms with Crippen LogP contribution in [0.5, 0.6) is 0 Å². The Kier molecular flexibility index (Phi) is 5.42. The third-order valence-corrected chi connectivity index (χ3v) is 5.01. The molecule has 1 aliphatic heterocycles. The van der Waals surface area contributed by atoms with Crippen molar-refractivity contribution in [1.29, 1.82) is 5.26 Å².